The number of aryl methyl sites for hydroxylation is 1. The van der Waals surface area contributed by atoms with E-state index in [4.69, 9.17) is 4.98 Å². The maximum atomic E-state index is 13.1. The van der Waals surface area contributed by atoms with Crippen LogP contribution in [0, 0.1) is 12.8 Å². The van der Waals surface area contributed by atoms with Gasteiger partial charge in [-0.1, -0.05) is 13.8 Å². The summed E-state index contributed by atoms with van der Waals surface area (Å²) in [6.07, 6.45) is 1.98. The molecule has 0 aliphatic rings. The number of carboxylic acid groups (broad SMARTS) is 1. The minimum atomic E-state index is -1.04. The Balaban J connectivity index is 2.10. The van der Waals surface area contributed by atoms with Crippen molar-refractivity contribution in [3.8, 4) is 10.6 Å². The molecule has 3 rings (SSSR count). The molecule has 0 bridgehead atoms. The van der Waals surface area contributed by atoms with E-state index in [9.17, 15) is 14.7 Å². The van der Waals surface area contributed by atoms with Crippen molar-refractivity contribution in [1.29, 1.82) is 0 Å². The average molecular weight is 415 g/mol. The second-order valence-electron chi connectivity index (χ2n) is 7.88. The van der Waals surface area contributed by atoms with Crippen molar-refractivity contribution < 1.29 is 14.7 Å². The highest BCUT2D eigenvalue weighted by atomic mass is 32.1. The van der Waals surface area contributed by atoms with Crippen LogP contribution in [0.1, 0.15) is 55.4 Å². The summed E-state index contributed by atoms with van der Waals surface area (Å²) < 4.78 is 1.78. The first-order valence-electron chi connectivity index (χ1n) is 9.66. The van der Waals surface area contributed by atoms with Crippen molar-refractivity contribution in [2.24, 2.45) is 5.92 Å². The van der Waals surface area contributed by atoms with Crippen LogP contribution in [0.4, 0.5) is 0 Å². The maximum absolute atomic E-state index is 13.1. The number of carbonyl (C=O) groups excluding carboxylic acids is 1. The predicted octanol–water partition coefficient (Wildman–Crippen LogP) is 4.28. The molecule has 3 aromatic rings. The first kappa shape index (κ1) is 21.0. The van der Waals surface area contributed by atoms with E-state index < -0.39 is 17.9 Å². The van der Waals surface area contributed by atoms with Gasteiger partial charge in [0.25, 0.3) is 5.91 Å². The number of nitrogens with one attached hydrogen (secondary N) is 1. The second-order valence-corrected chi connectivity index (χ2v) is 9.17. The first-order valence-corrected chi connectivity index (χ1v) is 10.5. The number of amides is 1. The Morgan fingerprint density at radius 3 is 2.52 bits per heavy atom. The first-order chi connectivity index (χ1) is 13.7. The number of carboxylic acids is 1. The van der Waals surface area contributed by atoms with Gasteiger partial charge in [0.15, 0.2) is 5.65 Å². The Morgan fingerprint density at radius 2 is 1.97 bits per heavy atom. The van der Waals surface area contributed by atoms with Gasteiger partial charge in [-0.05, 0) is 51.3 Å². The van der Waals surface area contributed by atoms with Gasteiger partial charge < -0.3 is 10.4 Å². The lowest BCUT2D eigenvalue weighted by molar-refractivity contribution is -0.139. The van der Waals surface area contributed by atoms with E-state index in [0.717, 1.165) is 9.75 Å². The zero-order valence-corrected chi connectivity index (χ0v) is 18.1. The summed E-state index contributed by atoms with van der Waals surface area (Å²) in [6.45, 7) is 9.87. The number of carbonyl (C=O) groups is 2. The average Bonchev–Trinajstić information content (AvgIpc) is 3.25. The summed E-state index contributed by atoms with van der Waals surface area (Å²) in [5.41, 5.74) is 1.68. The lowest BCUT2D eigenvalue weighted by atomic mass is 10.0. The molecule has 0 aliphatic heterocycles. The zero-order valence-electron chi connectivity index (χ0n) is 17.3. The molecule has 7 nitrogen and oxygen atoms in total. The van der Waals surface area contributed by atoms with Gasteiger partial charge in [0, 0.05) is 10.9 Å². The third kappa shape index (κ3) is 4.48. The summed E-state index contributed by atoms with van der Waals surface area (Å²) in [7, 11) is 0. The highest BCUT2D eigenvalue weighted by molar-refractivity contribution is 7.15. The van der Waals surface area contributed by atoms with E-state index in [2.05, 4.69) is 10.4 Å². The molecule has 0 aromatic carbocycles. The molecule has 1 amide bonds. The summed E-state index contributed by atoms with van der Waals surface area (Å²) in [5, 5.41) is 17.2. The number of aliphatic carboxylic acids is 1. The third-order valence-electron chi connectivity index (χ3n) is 4.60. The largest absolute Gasteiger partial charge is 0.480 e. The van der Waals surface area contributed by atoms with E-state index in [1.165, 1.54) is 0 Å². The molecule has 3 heterocycles. The Kier molecular flexibility index (Phi) is 6.02. The molecule has 0 unspecified atom stereocenters. The Morgan fingerprint density at radius 1 is 1.24 bits per heavy atom. The van der Waals surface area contributed by atoms with Gasteiger partial charge in [-0.3, -0.25) is 4.79 Å². The number of rotatable bonds is 7. The molecule has 0 saturated heterocycles. The molecule has 0 radical (unpaired) electrons. The molecular weight excluding hydrogens is 388 g/mol. The Labute approximate surface area is 173 Å². The van der Waals surface area contributed by atoms with Crippen LogP contribution in [0.2, 0.25) is 0 Å². The van der Waals surface area contributed by atoms with Gasteiger partial charge >= 0.3 is 5.97 Å². The van der Waals surface area contributed by atoms with Crippen molar-refractivity contribution >= 4 is 34.2 Å². The van der Waals surface area contributed by atoms with Crippen molar-refractivity contribution in [1.82, 2.24) is 20.1 Å². The molecule has 3 aromatic heterocycles. The van der Waals surface area contributed by atoms with Crippen molar-refractivity contribution in [3.63, 3.8) is 0 Å². The Bertz CT molecular complexity index is 1050. The van der Waals surface area contributed by atoms with Gasteiger partial charge in [0.05, 0.1) is 27.7 Å². The van der Waals surface area contributed by atoms with Gasteiger partial charge in [0.2, 0.25) is 0 Å². The van der Waals surface area contributed by atoms with Gasteiger partial charge in [0.1, 0.15) is 6.04 Å². The fourth-order valence-corrected chi connectivity index (χ4v) is 4.04. The molecule has 0 saturated carbocycles. The second kappa shape index (κ2) is 8.32. The molecule has 0 spiro atoms. The fraction of sp³-hybridized carbons (Fsp3) is 0.429. The van der Waals surface area contributed by atoms with Crippen LogP contribution in [0.5, 0.6) is 0 Å². The molecule has 0 fully saturated rings. The smallest absolute Gasteiger partial charge is 0.326 e. The summed E-state index contributed by atoms with van der Waals surface area (Å²) in [5.74, 6) is -1.32. The number of nitrogens with zero attached hydrogens (tertiary/aromatic N) is 3. The molecular formula is C21H26N4O3S. The summed E-state index contributed by atoms with van der Waals surface area (Å²) >= 11 is 1.60. The van der Waals surface area contributed by atoms with Gasteiger partial charge in [-0.2, -0.15) is 5.10 Å². The zero-order chi connectivity index (χ0) is 21.3. The minimum absolute atomic E-state index is 0.0731. The summed E-state index contributed by atoms with van der Waals surface area (Å²) in [6, 6.07) is 4.84. The number of aromatic nitrogens is 3. The Hall–Kier alpha value is -2.74. The van der Waals surface area contributed by atoms with E-state index in [1.807, 2.05) is 46.8 Å². The fourth-order valence-electron chi connectivity index (χ4n) is 3.21. The van der Waals surface area contributed by atoms with Crippen LogP contribution in [-0.2, 0) is 4.79 Å². The van der Waals surface area contributed by atoms with Gasteiger partial charge in [-0.25, -0.2) is 14.5 Å². The van der Waals surface area contributed by atoms with Crippen LogP contribution >= 0.6 is 11.3 Å². The van der Waals surface area contributed by atoms with E-state index >= 15 is 0 Å². The van der Waals surface area contributed by atoms with Crippen LogP contribution in [0.3, 0.4) is 0 Å². The van der Waals surface area contributed by atoms with Crippen LogP contribution in [0.25, 0.3) is 21.6 Å². The molecule has 8 heteroatoms. The number of fused-ring (bicyclic) bond motifs is 1. The SMILES string of the molecule is Cc1ccc(-c2cc(C(=O)N[C@@H](CC(C)C)C(=O)O)c3cnn(C(C)C)c3n2)s1. The molecule has 154 valence electrons. The highest BCUT2D eigenvalue weighted by Crippen LogP contribution is 2.30. The normalized spacial score (nSPS) is 12.7. The number of hydrogen-bond donors (Lipinski definition) is 2. The highest BCUT2D eigenvalue weighted by Gasteiger charge is 2.25. The van der Waals surface area contributed by atoms with E-state index in [0.29, 0.717) is 28.7 Å². The van der Waals surface area contributed by atoms with Gasteiger partial charge in [-0.15, -0.1) is 11.3 Å². The molecule has 2 N–H and O–H groups in total. The molecule has 0 aliphatic carbocycles. The third-order valence-corrected chi connectivity index (χ3v) is 5.63. The predicted molar refractivity (Wildman–Crippen MR) is 114 cm³/mol. The van der Waals surface area contributed by atoms with Crippen LogP contribution < -0.4 is 5.32 Å². The molecule has 1 atom stereocenters. The topological polar surface area (TPSA) is 97.1 Å². The quantitative estimate of drug-likeness (QED) is 0.601. The maximum Gasteiger partial charge on any atom is 0.326 e. The molecule has 29 heavy (non-hydrogen) atoms. The van der Waals surface area contributed by atoms with Crippen molar-refractivity contribution in [2.75, 3.05) is 0 Å². The van der Waals surface area contributed by atoms with E-state index in [-0.39, 0.29) is 12.0 Å². The van der Waals surface area contributed by atoms with Crippen molar-refractivity contribution in [2.45, 2.75) is 53.1 Å². The van der Waals surface area contributed by atoms with E-state index in [1.54, 1.807) is 28.3 Å². The standard InChI is InChI=1S/C21H26N4O3S/c1-11(2)8-17(21(27)28)24-20(26)14-9-16(18-7-6-13(5)29-18)23-19-15(14)10-22-25(19)12(3)4/h6-7,9-12,17H,8H2,1-5H3,(H,24,26)(H,27,28)/t17-/m0/s1. The lowest BCUT2D eigenvalue weighted by Gasteiger charge is -2.17. The number of hydrogen-bond acceptors (Lipinski definition) is 5. The van der Waals surface area contributed by atoms with Crippen molar-refractivity contribution in [3.05, 3.63) is 34.8 Å². The minimum Gasteiger partial charge on any atom is -0.480 e. The number of thiophene rings is 1. The monoisotopic (exact) mass is 414 g/mol. The lowest BCUT2D eigenvalue weighted by Crippen LogP contribution is -2.41. The summed E-state index contributed by atoms with van der Waals surface area (Å²) in [4.78, 5) is 31.6. The van der Waals surface area contributed by atoms with Crippen LogP contribution in [-0.4, -0.2) is 37.8 Å². The number of pyridine rings is 1. The van der Waals surface area contributed by atoms with Crippen LogP contribution in [0.15, 0.2) is 24.4 Å².